The van der Waals surface area contributed by atoms with Crippen molar-refractivity contribution in [2.75, 3.05) is 0 Å². The predicted octanol–water partition coefficient (Wildman–Crippen LogP) is 4.00. The van der Waals surface area contributed by atoms with Crippen LogP contribution < -0.4 is 5.48 Å². The van der Waals surface area contributed by atoms with E-state index in [2.05, 4.69) is 10.6 Å². The number of hydroxylamine groups is 1. The average molecular weight is 361 g/mol. The van der Waals surface area contributed by atoms with Gasteiger partial charge in [0.1, 0.15) is 0 Å². The number of para-hydroxylation sites is 1. The number of hydrogen-bond acceptors (Lipinski definition) is 3. The zero-order chi connectivity index (χ0) is 18.5. The molecule has 1 heterocycles. The molecular weight excluding hydrogens is 338 g/mol. The molecule has 1 aromatic heterocycles. The van der Waals surface area contributed by atoms with E-state index in [4.69, 9.17) is 4.84 Å². The van der Waals surface area contributed by atoms with Crippen molar-refractivity contribution in [1.82, 2.24) is 15.3 Å². The smallest absolute Gasteiger partial charge is 0.269 e. The molecule has 1 amide bonds. The molecule has 138 valence electrons. The number of aromatic nitrogens is 2. The molecule has 0 spiro atoms. The maximum atomic E-state index is 12.8. The van der Waals surface area contributed by atoms with Gasteiger partial charge in [0, 0.05) is 11.3 Å². The first-order chi connectivity index (χ1) is 13.3. The van der Waals surface area contributed by atoms with E-state index in [9.17, 15) is 4.79 Å². The van der Waals surface area contributed by atoms with Gasteiger partial charge < -0.3 is 0 Å². The van der Waals surface area contributed by atoms with Gasteiger partial charge in [-0.2, -0.15) is 5.10 Å². The molecule has 0 radical (unpaired) electrons. The molecule has 1 N–H and O–H groups in total. The van der Waals surface area contributed by atoms with Crippen LogP contribution in [0.4, 0.5) is 0 Å². The number of nitrogens with one attached hydrogen (secondary N) is 1. The van der Waals surface area contributed by atoms with E-state index in [0.29, 0.717) is 12.3 Å². The fraction of sp³-hybridized carbons (Fsp3) is 0.273. The van der Waals surface area contributed by atoms with Crippen molar-refractivity contribution in [3.8, 4) is 5.69 Å². The molecule has 0 atom stereocenters. The highest BCUT2D eigenvalue weighted by atomic mass is 16.6. The zero-order valence-corrected chi connectivity index (χ0v) is 15.2. The molecule has 4 rings (SSSR count). The Kier molecular flexibility index (Phi) is 5.30. The molecular formula is C22H23N3O2. The Bertz CT molecular complexity index is 904. The largest absolute Gasteiger partial charge is 0.295 e. The van der Waals surface area contributed by atoms with Gasteiger partial charge in [0.05, 0.1) is 12.3 Å². The van der Waals surface area contributed by atoms with Crippen LogP contribution >= 0.6 is 0 Å². The number of rotatable bonds is 5. The number of hydrogen-bond donors (Lipinski definition) is 1. The first-order valence-electron chi connectivity index (χ1n) is 9.45. The van der Waals surface area contributed by atoms with Gasteiger partial charge in [0.25, 0.3) is 5.91 Å². The van der Waals surface area contributed by atoms with Crippen LogP contribution in [0.5, 0.6) is 0 Å². The molecule has 27 heavy (non-hydrogen) atoms. The summed E-state index contributed by atoms with van der Waals surface area (Å²) < 4.78 is 1.92. The Labute approximate surface area is 158 Å². The Morgan fingerprint density at radius 1 is 0.963 bits per heavy atom. The van der Waals surface area contributed by atoms with E-state index < -0.39 is 0 Å². The third-order valence-corrected chi connectivity index (χ3v) is 4.89. The highest BCUT2D eigenvalue weighted by molar-refractivity contribution is 5.93. The van der Waals surface area contributed by atoms with Crippen molar-refractivity contribution in [3.05, 3.63) is 83.2 Å². The van der Waals surface area contributed by atoms with Gasteiger partial charge in [0.15, 0.2) is 5.69 Å². The number of fused-ring (bicyclic) bond motifs is 1. The molecule has 3 aromatic rings. The topological polar surface area (TPSA) is 56.1 Å². The maximum Gasteiger partial charge on any atom is 0.295 e. The van der Waals surface area contributed by atoms with Crippen LogP contribution in [0.3, 0.4) is 0 Å². The lowest BCUT2D eigenvalue weighted by atomic mass is 10.1. The Morgan fingerprint density at radius 3 is 2.44 bits per heavy atom. The second-order valence-corrected chi connectivity index (χ2v) is 6.79. The zero-order valence-electron chi connectivity index (χ0n) is 15.2. The average Bonchev–Trinajstić information content (AvgIpc) is 2.90. The molecule has 5 heteroatoms. The molecule has 0 saturated heterocycles. The minimum Gasteiger partial charge on any atom is -0.269 e. The minimum atomic E-state index is -0.279. The van der Waals surface area contributed by atoms with Crippen molar-refractivity contribution in [3.63, 3.8) is 0 Å². The van der Waals surface area contributed by atoms with Gasteiger partial charge >= 0.3 is 0 Å². The van der Waals surface area contributed by atoms with Crippen LogP contribution in [0.15, 0.2) is 60.7 Å². The minimum absolute atomic E-state index is 0.279. The van der Waals surface area contributed by atoms with E-state index in [1.165, 1.54) is 6.42 Å². The summed E-state index contributed by atoms with van der Waals surface area (Å²) in [5.74, 6) is -0.279. The third-order valence-electron chi connectivity index (χ3n) is 4.89. The van der Waals surface area contributed by atoms with Crippen molar-refractivity contribution in [1.29, 1.82) is 0 Å². The summed E-state index contributed by atoms with van der Waals surface area (Å²) in [4.78, 5) is 18.2. The molecule has 0 fully saturated rings. The standard InChI is InChI=1S/C22H23N3O2/c26-22(24-27-16-17-10-4-1-5-11-17)21-19-14-8-3-9-15-20(19)25(23-21)18-12-6-2-7-13-18/h1-2,4-7,10-13H,3,8-9,14-16H2,(H,24,26). The summed E-state index contributed by atoms with van der Waals surface area (Å²) in [6.45, 7) is 0.328. The number of amides is 1. The lowest BCUT2D eigenvalue weighted by molar-refractivity contribution is 0.0228. The number of benzene rings is 2. The van der Waals surface area contributed by atoms with E-state index in [1.54, 1.807) is 0 Å². The van der Waals surface area contributed by atoms with E-state index in [-0.39, 0.29) is 5.91 Å². The fourth-order valence-corrected chi connectivity index (χ4v) is 3.55. The van der Waals surface area contributed by atoms with Crippen molar-refractivity contribution in [2.45, 2.75) is 38.7 Å². The Morgan fingerprint density at radius 2 is 1.67 bits per heavy atom. The van der Waals surface area contributed by atoms with E-state index in [1.807, 2.05) is 65.3 Å². The van der Waals surface area contributed by atoms with Crippen molar-refractivity contribution >= 4 is 5.91 Å². The molecule has 0 aliphatic heterocycles. The summed E-state index contributed by atoms with van der Waals surface area (Å²) in [5.41, 5.74) is 7.23. The van der Waals surface area contributed by atoms with Gasteiger partial charge in [-0.15, -0.1) is 0 Å². The lowest BCUT2D eigenvalue weighted by Crippen LogP contribution is -2.25. The summed E-state index contributed by atoms with van der Waals surface area (Å²) in [7, 11) is 0. The van der Waals surface area contributed by atoms with E-state index >= 15 is 0 Å². The summed E-state index contributed by atoms with van der Waals surface area (Å²) in [6.07, 6.45) is 5.20. The van der Waals surface area contributed by atoms with Crippen LogP contribution in [-0.4, -0.2) is 15.7 Å². The number of carbonyl (C=O) groups is 1. The lowest BCUT2D eigenvalue weighted by Gasteiger charge is -2.06. The second-order valence-electron chi connectivity index (χ2n) is 6.79. The van der Waals surface area contributed by atoms with Crippen LogP contribution in [0.1, 0.15) is 46.6 Å². The van der Waals surface area contributed by atoms with Crippen molar-refractivity contribution in [2.24, 2.45) is 0 Å². The van der Waals surface area contributed by atoms with Gasteiger partial charge in [-0.3, -0.25) is 9.63 Å². The van der Waals surface area contributed by atoms with Crippen molar-refractivity contribution < 1.29 is 9.63 Å². The molecule has 0 saturated carbocycles. The first-order valence-corrected chi connectivity index (χ1v) is 9.45. The first kappa shape index (κ1) is 17.5. The summed E-state index contributed by atoms with van der Waals surface area (Å²) >= 11 is 0. The van der Waals surface area contributed by atoms with Crippen LogP contribution in [0.25, 0.3) is 5.69 Å². The summed E-state index contributed by atoms with van der Waals surface area (Å²) in [6, 6.07) is 19.8. The second kappa shape index (κ2) is 8.18. The van der Waals surface area contributed by atoms with Gasteiger partial charge in [-0.05, 0) is 43.4 Å². The predicted molar refractivity (Wildman–Crippen MR) is 104 cm³/mol. The quantitative estimate of drug-likeness (QED) is 0.552. The third kappa shape index (κ3) is 3.93. The molecule has 1 aliphatic rings. The Hall–Kier alpha value is -2.92. The SMILES string of the molecule is O=C(NOCc1ccccc1)c1nn(-c2ccccc2)c2c1CCCCC2. The molecule has 0 unspecified atom stereocenters. The Balaban J connectivity index is 1.56. The maximum absolute atomic E-state index is 12.8. The van der Waals surface area contributed by atoms with Crippen LogP contribution in [0.2, 0.25) is 0 Å². The van der Waals surface area contributed by atoms with Crippen LogP contribution in [-0.2, 0) is 24.3 Å². The molecule has 0 bridgehead atoms. The molecule has 5 nitrogen and oxygen atoms in total. The van der Waals surface area contributed by atoms with Gasteiger partial charge in [-0.25, -0.2) is 10.2 Å². The number of nitrogens with zero attached hydrogens (tertiary/aromatic N) is 2. The monoisotopic (exact) mass is 361 g/mol. The normalized spacial score (nSPS) is 13.6. The number of carbonyl (C=O) groups excluding carboxylic acids is 1. The van der Waals surface area contributed by atoms with Gasteiger partial charge in [0.2, 0.25) is 0 Å². The van der Waals surface area contributed by atoms with Crippen LogP contribution in [0, 0.1) is 0 Å². The fourth-order valence-electron chi connectivity index (χ4n) is 3.55. The molecule has 1 aliphatic carbocycles. The highest BCUT2D eigenvalue weighted by Gasteiger charge is 2.24. The summed E-state index contributed by atoms with van der Waals surface area (Å²) in [5, 5.41) is 4.65. The van der Waals surface area contributed by atoms with Gasteiger partial charge in [-0.1, -0.05) is 55.0 Å². The van der Waals surface area contributed by atoms with E-state index in [0.717, 1.165) is 48.2 Å². The highest BCUT2D eigenvalue weighted by Crippen LogP contribution is 2.26. The molecule has 2 aromatic carbocycles.